The summed E-state index contributed by atoms with van der Waals surface area (Å²) >= 11 is 3.34. The van der Waals surface area contributed by atoms with Crippen LogP contribution in [0.2, 0.25) is 0 Å². The highest BCUT2D eigenvalue weighted by atomic mass is 79.9. The SMILES string of the molecule is O=C1c2cnn(C(=O)C3CC3)c2CCC1Br. The lowest BCUT2D eigenvalue weighted by Crippen LogP contribution is -2.25. The number of aromatic nitrogens is 2. The first-order chi connectivity index (χ1) is 7.68. The Labute approximate surface area is 101 Å². The molecule has 1 atom stereocenters. The van der Waals surface area contributed by atoms with E-state index in [1.807, 2.05) is 0 Å². The third-order valence-electron chi connectivity index (χ3n) is 3.19. The van der Waals surface area contributed by atoms with Crippen LogP contribution in [0.4, 0.5) is 0 Å². The van der Waals surface area contributed by atoms with E-state index in [1.54, 1.807) is 0 Å². The first-order valence-corrected chi connectivity index (χ1v) is 6.39. The lowest BCUT2D eigenvalue weighted by molar-refractivity contribution is 0.0865. The molecule has 0 radical (unpaired) electrons. The summed E-state index contributed by atoms with van der Waals surface area (Å²) in [6, 6.07) is 0. The van der Waals surface area contributed by atoms with Gasteiger partial charge in [-0.15, -0.1) is 0 Å². The molecule has 3 rings (SSSR count). The molecule has 1 heterocycles. The van der Waals surface area contributed by atoms with Gasteiger partial charge in [-0.05, 0) is 25.7 Å². The van der Waals surface area contributed by atoms with Gasteiger partial charge in [-0.2, -0.15) is 5.10 Å². The summed E-state index contributed by atoms with van der Waals surface area (Å²) in [4.78, 5) is 23.6. The summed E-state index contributed by atoms with van der Waals surface area (Å²) < 4.78 is 1.45. The van der Waals surface area contributed by atoms with E-state index >= 15 is 0 Å². The number of ketones is 1. The summed E-state index contributed by atoms with van der Waals surface area (Å²) in [5, 5.41) is 4.07. The number of carbonyl (C=O) groups excluding carboxylic acids is 2. The minimum Gasteiger partial charge on any atom is -0.293 e. The van der Waals surface area contributed by atoms with Crippen molar-refractivity contribution in [1.82, 2.24) is 9.78 Å². The van der Waals surface area contributed by atoms with Crippen molar-refractivity contribution in [2.24, 2.45) is 5.92 Å². The van der Waals surface area contributed by atoms with Gasteiger partial charge < -0.3 is 0 Å². The van der Waals surface area contributed by atoms with Gasteiger partial charge in [0.25, 0.3) is 0 Å². The van der Waals surface area contributed by atoms with Crippen LogP contribution < -0.4 is 0 Å². The summed E-state index contributed by atoms with van der Waals surface area (Å²) in [7, 11) is 0. The lowest BCUT2D eigenvalue weighted by Gasteiger charge is -2.16. The Morgan fingerprint density at radius 1 is 1.44 bits per heavy atom. The molecule has 1 fully saturated rings. The molecule has 0 bridgehead atoms. The van der Waals surface area contributed by atoms with E-state index in [4.69, 9.17) is 0 Å². The molecule has 1 aromatic heterocycles. The van der Waals surface area contributed by atoms with E-state index in [9.17, 15) is 9.59 Å². The number of hydrogen-bond acceptors (Lipinski definition) is 3. The number of alkyl halides is 1. The largest absolute Gasteiger partial charge is 0.293 e. The molecule has 16 heavy (non-hydrogen) atoms. The Hall–Kier alpha value is -0.970. The van der Waals surface area contributed by atoms with Gasteiger partial charge in [-0.25, -0.2) is 4.68 Å². The van der Waals surface area contributed by atoms with Gasteiger partial charge in [0.05, 0.1) is 22.3 Å². The zero-order valence-electron chi connectivity index (χ0n) is 8.65. The van der Waals surface area contributed by atoms with Crippen LogP contribution in [-0.2, 0) is 6.42 Å². The molecule has 1 aromatic rings. The van der Waals surface area contributed by atoms with E-state index in [0.29, 0.717) is 5.56 Å². The summed E-state index contributed by atoms with van der Waals surface area (Å²) in [5.41, 5.74) is 1.42. The summed E-state index contributed by atoms with van der Waals surface area (Å²) in [6.07, 6.45) is 4.95. The smallest absolute Gasteiger partial charge is 0.250 e. The minimum atomic E-state index is -0.117. The van der Waals surface area contributed by atoms with Gasteiger partial charge in [0.2, 0.25) is 5.91 Å². The van der Waals surface area contributed by atoms with Gasteiger partial charge in [0, 0.05) is 5.92 Å². The first-order valence-electron chi connectivity index (χ1n) is 5.48. The second kappa shape index (κ2) is 3.52. The zero-order valence-corrected chi connectivity index (χ0v) is 10.2. The van der Waals surface area contributed by atoms with E-state index in [0.717, 1.165) is 31.4 Å². The third kappa shape index (κ3) is 1.45. The Bertz CT molecular complexity index is 476. The molecule has 0 amide bonds. The summed E-state index contributed by atoms with van der Waals surface area (Å²) in [6.45, 7) is 0. The van der Waals surface area contributed by atoms with Crippen LogP contribution in [0.1, 0.15) is 40.1 Å². The maximum atomic E-state index is 11.9. The molecule has 5 heteroatoms. The molecule has 0 aliphatic heterocycles. The fraction of sp³-hybridized carbons (Fsp3) is 0.545. The fourth-order valence-corrected chi connectivity index (χ4v) is 2.55. The predicted octanol–water partition coefficient (Wildman–Crippen LogP) is 1.83. The molecule has 84 valence electrons. The van der Waals surface area contributed by atoms with Crippen molar-refractivity contribution in [2.75, 3.05) is 0 Å². The number of halogens is 1. The van der Waals surface area contributed by atoms with Crippen LogP contribution in [0.15, 0.2) is 6.20 Å². The zero-order chi connectivity index (χ0) is 11.3. The van der Waals surface area contributed by atoms with Crippen LogP contribution in [0.3, 0.4) is 0 Å². The van der Waals surface area contributed by atoms with Crippen molar-refractivity contribution in [3.8, 4) is 0 Å². The molecule has 0 N–H and O–H groups in total. The maximum absolute atomic E-state index is 11.9. The van der Waals surface area contributed by atoms with Crippen molar-refractivity contribution in [1.29, 1.82) is 0 Å². The van der Waals surface area contributed by atoms with Gasteiger partial charge >= 0.3 is 0 Å². The van der Waals surface area contributed by atoms with Crippen LogP contribution in [-0.4, -0.2) is 26.3 Å². The summed E-state index contributed by atoms with van der Waals surface area (Å²) in [5.74, 6) is 0.249. The highest BCUT2D eigenvalue weighted by molar-refractivity contribution is 9.10. The van der Waals surface area contributed by atoms with Crippen molar-refractivity contribution in [2.45, 2.75) is 30.5 Å². The van der Waals surface area contributed by atoms with Crippen LogP contribution >= 0.6 is 15.9 Å². The standard InChI is InChI=1S/C11H11BrN2O2/c12-8-3-4-9-7(10(8)15)5-13-14(9)11(16)6-1-2-6/h5-6,8H,1-4H2. The maximum Gasteiger partial charge on any atom is 0.250 e. The molecule has 1 unspecified atom stereocenters. The Balaban J connectivity index is 2.00. The number of carbonyl (C=O) groups is 2. The topological polar surface area (TPSA) is 52.0 Å². The second-order valence-electron chi connectivity index (χ2n) is 4.40. The highest BCUT2D eigenvalue weighted by Gasteiger charge is 2.35. The van der Waals surface area contributed by atoms with Gasteiger partial charge in [-0.3, -0.25) is 9.59 Å². The van der Waals surface area contributed by atoms with Crippen molar-refractivity contribution in [3.63, 3.8) is 0 Å². The average Bonchev–Trinajstić information content (AvgIpc) is 3.03. The lowest BCUT2D eigenvalue weighted by atomic mass is 9.96. The first kappa shape index (κ1) is 10.2. The quantitative estimate of drug-likeness (QED) is 0.739. The van der Waals surface area contributed by atoms with Crippen molar-refractivity contribution >= 4 is 27.6 Å². The number of rotatable bonds is 1. The van der Waals surface area contributed by atoms with Crippen molar-refractivity contribution < 1.29 is 9.59 Å². The molecule has 4 nitrogen and oxygen atoms in total. The molecular formula is C11H11BrN2O2. The molecule has 2 aliphatic carbocycles. The number of hydrogen-bond donors (Lipinski definition) is 0. The average molecular weight is 283 g/mol. The molecule has 1 saturated carbocycles. The number of fused-ring (bicyclic) bond motifs is 1. The van der Waals surface area contributed by atoms with Gasteiger partial charge in [0.15, 0.2) is 5.78 Å². The highest BCUT2D eigenvalue weighted by Crippen LogP contribution is 2.32. The van der Waals surface area contributed by atoms with Crippen LogP contribution in [0.5, 0.6) is 0 Å². The Kier molecular flexibility index (Phi) is 2.24. The number of Topliss-reactive ketones (excluding diaryl/α,β-unsaturated/α-hetero) is 1. The molecule has 0 saturated heterocycles. The van der Waals surface area contributed by atoms with Crippen LogP contribution in [0, 0.1) is 5.92 Å². The molecule has 0 aromatic carbocycles. The van der Waals surface area contributed by atoms with Gasteiger partial charge in [0.1, 0.15) is 0 Å². The van der Waals surface area contributed by atoms with Crippen LogP contribution in [0.25, 0.3) is 0 Å². The van der Waals surface area contributed by atoms with E-state index in [2.05, 4.69) is 21.0 Å². The predicted molar refractivity (Wildman–Crippen MR) is 60.9 cm³/mol. The third-order valence-corrected chi connectivity index (χ3v) is 4.06. The van der Waals surface area contributed by atoms with Crippen molar-refractivity contribution in [3.05, 3.63) is 17.5 Å². The van der Waals surface area contributed by atoms with E-state index in [1.165, 1.54) is 10.9 Å². The normalized spacial score (nSPS) is 24.3. The Morgan fingerprint density at radius 2 is 2.19 bits per heavy atom. The minimum absolute atomic E-state index is 0.0519. The second-order valence-corrected chi connectivity index (χ2v) is 5.51. The molecular weight excluding hydrogens is 272 g/mol. The molecule has 2 aliphatic rings. The number of nitrogens with zero attached hydrogens (tertiary/aromatic N) is 2. The van der Waals surface area contributed by atoms with E-state index < -0.39 is 0 Å². The monoisotopic (exact) mass is 282 g/mol. The fourth-order valence-electron chi connectivity index (χ4n) is 2.08. The Morgan fingerprint density at radius 3 is 2.88 bits per heavy atom. The van der Waals surface area contributed by atoms with Gasteiger partial charge in [-0.1, -0.05) is 15.9 Å². The van der Waals surface area contributed by atoms with E-state index in [-0.39, 0.29) is 22.4 Å². The molecule has 0 spiro atoms.